The topological polar surface area (TPSA) is 55.8 Å². The first-order valence-electron chi connectivity index (χ1n) is 6.10. The van der Waals surface area contributed by atoms with E-state index in [-0.39, 0.29) is 6.04 Å². The maximum Gasteiger partial charge on any atom is 0.211 e. The van der Waals surface area contributed by atoms with E-state index in [1.54, 1.807) is 14.2 Å². The molecule has 1 aliphatic rings. The summed E-state index contributed by atoms with van der Waals surface area (Å²) in [6.45, 7) is 2.40. The minimum Gasteiger partial charge on any atom is -0.493 e. The second-order valence-corrected chi connectivity index (χ2v) is 6.64. The van der Waals surface area contributed by atoms with Crippen LogP contribution in [0.3, 0.4) is 0 Å². The first-order valence-corrected chi connectivity index (χ1v) is 7.95. The fraction of sp³-hybridized carbons (Fsp3) is 0.538. The van der Waals surface area contributed by atoms with Crippen LogP contribution in [0, 0.1) is 0 Å². The summed E-state index contributed by atoms with van der Waals surface area (Å²) in [5.41, 5.74) is 2.10. The summed E-state index contributed by atoms with van der Waals surface area (Å²) < 4.78 is 35.6. The molecule has 0 fully saturated rings. The Hall–Kier alpha value is -1.27. The molecule has 19 heavy (non-hydrogen) atoms. The van der Waals surface area contributed by atoms with Crippen molar-refractivity contribution in [3.8, 4) is 11.5 Å². The lowest BCUT2D eigenvalue weighted by molar-refractivity contribution is 0.321. The summed E-state index contributed by atoms with van der Waals surface area (Å²) in [6, 6.07) is 3.62. The second-order valence-electron chi connectivity index (χ2n) is 4.71. The molecule has 5 nitrogen and oxygen atoms in total. The van der Waals surface area contributed by atoms with Crippen molar-refractivity contribution < 1.29 is 17.9 Å². The standard InChI is InChI=1S/C13H19NO4S/c1-9-11-8-13(18-3)12(17-2)7-10(11)5-6-14(9)19(4,15)16/h7-9H,5-6H2,1-4H3/t9-/m0/s1. The monoisotopic (exact) mass is 285 g/mol. The zero-order valence-corrected chi connectivity index (χ0v) is 12.5. The molecule has 2 rings (SSSR count). The maximum atomic E-state index is 11.8. The average Bonchev–Trinajstić information content (AvgIpc) is 2.36. The van der Waals surface area contributed by atoms with Gasteiger partial charge in [0.25, 0.3) is 0 Å². The third-order valence-electron chi connectivity index (χ3n) is 3.55. The van der Waals surface area contributed by atoms with Crippen LogP contribution in [0.4, 0.5) is 0 Å². The van der Waals surface area contributed by atoms with Gasteiger partial charge in [0.2, 0.25) is 10.0 Å². The lowest BCUT2D eigenvalue weighted by atomic mass is 9.94. The molecule has 0 aromatic heterocycles. The highest BCUT2D eigenvalue weighted by Gasteiger charge is 2.31. The third kappa shape index (κ3) is 2.55. The zero-order valence-electron chi connectivity index (χ0n) is 11.6. The summed E-state index contributed by atoms with van der Waals surface area (Å²) >= 11 is 0. The van der Waals surface area contributed by atoms with Gasteiger partial charge in [0, 0.05) is 12.6 Å². The normalized spacial score (nSPS) is 19.9. The van der Waals surface area contributed by atoms with E-state index in [2.05, 4.69) is 0 Å². The van der Waals surface area contributed by atoms with Crippen molar-refractivity contribution in [3.05, 3.63) is 23.3 Å². The number of nitrogens with zero attached hydrogens (tertiary/aromatic N) is 1. The van der Waals surface area contributed by atoms with E-state index in [1.165, 1.54) is 10.6 Å². The Balaban J connectivity index is 2.49. The number of fused-ring (bicyclic) bond motifs is 1. The molecule has 6 heteroatoms. The van der Waals surface area contributed by atoms with Crippen molar-refractivity contribution in [1.82, 2.24) is 4.31 Å². The lowest BCUT2D eigenvalue weighted by Gasteiger charge is -2.33. The van der Waals surface area contributed by atoms with Gasteiger partial charge in [0.1, 0.15) is 0 Å². The van der Waals surface area contributed by atoms with Crippen LogP contribution in [-0.2, 0) is 16.4 Å². The second kappa shape index (κ2) is 5.02. The Morgan fingerprint density at radius 1 is 1.21 bits per heavy atom. The van der Waals surface area contributed by atoms with Gasteiger partial charge in [-0.05, 0) is 36.6 Å². The van der Waals surface area contributed by atoms with Crippen LogP contribution in [0.2, 0.25) is 0 Å². The summed E-state index contributed by atoms with van der Waals surface area (Å²) in [5, 5.41) is 0. The predicted molar refractivity (Wildman–Crippen MR) is 73.2 cm³/mol. The summed E-state index contributed by atoms with van der Waals surface area (Å²) in [4.78, 5) is 0. The molecular weight excluding hydrogens is 266 g/mol. The van der Waals surface area contributed by atoms with E-state index in [4.69, 9.17) is 9.47 Å². The van der Waals surface area contributed by atoms with Crippen LogP contribution in [-0.4, -0.2) is 39.7 Å². The summed E-state index contributed by atoms with van der Waals surface area (Å²) in [7, 11) is -0.0198. The van der Waals surface area contributed by atoms with Crippen molar-refractivity contribution in [2.75, 3.05) is 27.0 Å². The number of sulfonamides is 1. The van der Waals surface area contributed by atoms with Crippen LogP contribution < -0.4 is 9.47 Å². The van der Waals surface area contributed by atoms with Crippen LogP contribution in [0.5, 0.6) is 11.5 Å². The molecule has 1 aromatic carbocycles. The van der Waals surface area contributed by atoms with Gasteiger partial charge in [-0.1, -0.05) is 0 Å². The number of methoxy groups -OCH3 is 2. The molecule has 1 heterocycles. The molecule has 0 amide bonds. The van der Waals surface area contributed by atoms with E-state index >= 15 is 0 Å². The van der Waals surface area contributed by atoms with E-state index in [9.17, 15) is 8.42 Å². The number of hydrogen-bond donors (Lipinski definition) is 0. The number of ether oxygens (including phenoxy) is 2. The molecule has 1 aromatic rings. The Labute approximate surface area is 114 Å². The van der Waals surface area contributed by atoms with Crippen molar-refractivity contribution in [2.24, 2.45) is 0 Å². The van der Waals surface area contributed by atoms with E-state index in [1.807, 2.05) is 19.1 Å². The highest BCUT2D eigenvalue weighted by molar-refractivity contribution is 7.88. The van der Waals surface area contributed by atoms with Crippen LogP contribution in [0.25, 0.3) is 0 Å². The molecule has 0 saturated heterocycles. The largest absolute Gasteiger partial charge is 0.493 e. The molecule has 0 aliphatic carbocycles. The number of rotatable bonds is 3. The quantitative estimate of drug-likeness (QED) is 0.846. The van der Waals surface area contributed by atoms with Crippen LogP contribution >= 0.6 is 0 Å². The van der Waals surface area contributed by atoms with Crippen molar-refractivity contribution in [2.45, 2.75) is 19.4 Å². The fourth-order valence-corrected chi connectivity index (χ4v) is 3.69. The van der Waals surface area contributed by atoms with Crippen molar-refractivity contribution in [1.29, 1.82) is 0 Å². The Morgan fingerprint density at radius 3 is 2.32 bits per heavy atom. The molecule has 1 atom stereocenters. The van der Waals surface area contributed by atoms with Gasteiger partial charge in [0.05, 0.1) is 20.5 Å². The fourth-order valence-electron chi connectivity index (χ4n) is 2.57. The van der Waals surface area contributed by atoms with E-state index in [0.29, 0.717) is 24.5 Å². The van der Waals surface area contributed by atoms with Gasteiger partial charge in [-0.3, -0.25) is 0 Å². The van der Waals surface area contributed by atoms with Gasteiger partial charge < -0.3 is 9.47 Å². The molecule has 0 radical (unpaired) electrons. The Kier molecular flexibility index (Phi) is 3.73. The molecule has 1 aliphatic heterocycles. The Bertz CT molecular complexity index is 583. The van der Waals surface area contributed by atoms with E-state index in [0.717, 1.165) is 11.1 Å². The zero-order chi connectivity index (χ0) is 14.2. The van der Waals surface area contributed by atoms with E-state index < -0.39 is 10.0 Å². The molecule has 0 bridgehead atoms. The highest BCUT2D eigenvalue weighted by atomic mass is 32.2. The van der Waals surface area contributed by atoms with Crippen molar-refractivity contribution >= 4 is 10.0 Å². The van der Waals surface area contributed by atoms with Gasteiger partial charge in [-0.15, -0.1) is 0 Å². The molecule has 0 spiro atoms. The van der Waals surface area contributed by atoms with Crippen molar-refractivity contribution in [3.63, 3.8) is 0 Å². The molecule has 0 unspecified atom stereocenters. The summed E-state index contributed by atoms with van der Waals surface area (Å²) in [6.07, 6.45) is 1.93. The highest BCUT2D eigenvalue weighted by Crippen LogP contribution is 2.38. The molecule has 106 valence electrons. The number of benzene rings is 1. The summed E-state index contributed by atoms with van der Waals surface area (Å²) in [5.74, 6) is 1.31. The lowest BCUT2D eigenvalue weighted by Crippen LogP contribution is -2.38. The minimum atomic E-state index is -3.19. The SMILES string of the molecule is COc1cc2c(cc1OC)[C@H](C)N(S(C)(=O)=O)CC2. The van der Waals surface area contributed by atoms with Gasteiger partial charge >= 0.3 is 0 Å². The maximum absolute atomic E-state index is 11.8. The molecule has 0 N–H and O–H groups in total. The smallest absolute Gasteiger partial charge is 0.211 e. The molecule has 0 saturated carbocycles. The third-order valence-corrected chi connectivity index (χ3v) is 4.91. The first-order chi connectivity index (χ1) is 8.88. The average molecular weight is 285 g/mol. The molecular formula is C13H19NO4S. The first kappa shape index (κ1) is 14.1. The van der Waals surface area contributed by atoms with Gasteiger partial charge in [0.15, 0.2) is 11.5 Å². The number of hydrogen-bond acceptors (Lipinski definition) is 4. The van der Waals surface area contributed by atoms with Gasteiger partial charge in [-0.25, -0.2) is 8.42 Å². The van der Waals surface area contributed by atoms with Gasteiger partial charge in [-0.2, -0.15) is 4.31 Å². The predicted octanol–water partition coefficient (Wildman–Crippen LogP) is 1.58. The minimum absolute atomic E-state index is 0.182. The van der Waals surface area contributed by atoms with Crippen LogP contribution in [0.15, 0.2) is 12.1 Å². The van der Waals surface area contributed by atoms with Crippen LogP contribution in [0.1, 0.15) is 24.1 Å². The Morgan fingerprint density at radius 2 is 1.79 bits per heavy atom.